The molecule has 1 aliphatic carbocycles. The Morgan fingerprint density at radius 3 is 2.50 bits per heavy atom. The summed E-state index contributed by atoms with van der Waals surface area (Å²) in [6, 6.07) is 0. The van der Waals surface area contributed by atoms with Crippen LogP contribution in [0.15, 0.2) is 0 Å². The van der Waals surface area contributed by atoms with E-state index in [2.05, 4.69) is 23.2 Å². The first kappa shape index (κ1) is 12.5. The van der Waals surface area contributed by atoms with Crippen molar-refractivity contribution in [1.29, 1.82) is 0 Å². The molecule has 0 aliphatic heterocycles. The van der Waals surface area contributed by atoms with Crippen LogP contribution in [0.3, 0.4) is 0 Å². The van der Waals surface area contributed by atoms with Gasteiger partial charge in [0.2, 0.25) is 0 Å². The van der Waals surface area contributed by atoms with Gasteiger partial charge in [-0.2, -0.15) is 0 Å². The zero-order chi connectivity index (χ0) is 10.3. The van der Waals surface area contributed by atoms with Gasteiger partial charge in [-0.05, 0) is 19.3 Å². The smallest absolute Gasteiger partial charge is 0.160 e. The lowest BCUT2D eigenvalue weighted by molar-refractivity contribution is -0.121. The van der Waals surface area contributed by atoms with E-state index in [1.165, 1.54) is 51.4 Å². The maximum atomic E-state index is 5.85. The number of ether oxygens (including phenoxy) is 1. The molecule has 0 aromatic heterocycles. The van der Waals surface area contributed by atoms with Gasteiger partial charge in [-0.3, -0.25) is 3.83 Å². The minimum absolute atomic E-state index is 0.127. The highest BCUT2D eigenvalue weighted by molar-refractivity contribution is 9.06. The van der Waals surface area contributed by atoms with Crippen LogP contribution in [0.2, 0.25) is 0 Å². The van der Waals surface area contributed by atoms with E-state index in [0.717, 1.165) is 0 Å². The van der Waals surface area contributed by atoms with Crippen molar-refractivity contribution in [1.82, 2.24) is 0 Å². The number of unbranched alkanes of at least 4 members (excludes halogenated alkanes) is 1. The van der Waals surface area contributed by atoms with Gasteiger partial charge in [0, 0.05) is 0 Å². The van der Waals surface area contributed by atoms with Crippen LogP contribution in [-0.2, 0) is 8.57 Å². The maximum Gasteiger partial charge on any atom is 0.160 e. The second-order valence-corrected chi connectivity index (χ2v) is 4.68. The molecule has 1 fully saturated rings. The molecule has 0 atom stereocenters. The average molecular weight is 265 g/mol. The van der Waals surface area contributed by atoms with Gasteiger partial charge in [0.1, 0.15) is 16.3 Å². The van der Waals surface area contributed by atoms with E-state index >= 15 is 0 Å². The lowest BCUT2D eigenvalue weighted by Crippen LogP contribution is -2.35. The van der Waals surface area contributed by atoms with Gasteiger partial charge in [0.15, 0.2) is 6.79 Å². The van der Waals surface area contributed by atoms with Gasteiger partial charge in [0.25, 0.3) is 0 Å². The van der Waals surface area contributed by atoms with E-state index < -0.39 is 0 Å². The Kier molecular flexibility index (Phi) is 6.06. The predicted octanol–water partition coefficient (Wildman–Crippen LogP) is 4.18. The van der Waals surface area contributed by atoms with E-state index in [4.69, 9.17) is 8.57 Å². The van der Waals surface area contributed by atoms with Crippen LogP contribution in [0, 0.1) is 0 Å². The van der Waals surface area contributed by atoms with E-state index in [1.54, 1.807) is 0 Å². The normalized spacial score (nSPS) is 21.0. The molecule has 0 saturated heterocycles. The van der Waals surface area contributed by atoms with Gasteiger partial charge >= 0.3 is 0 Å². The zero-order valence-corrected chi connectivity index (χ0v) is 10.6. The zero-order valence-electron chi connectivity index (χ0n) is 9.06. The van der Waals surface area contributed by atoms with Crippen molar-refractivity contribution in [2.45, 2.75) is 63.9 Å². The van der Waals surface area contributed by atoms with E-state index in [9.17, 15) is 0 Å². The van der Waals surface area contributed by atoms with Crippen LogP contribution in [0.4, 0.5) is 0 Å². The van der Waals surface area contributed by atoms with Crippen molar-refractivity contribution in [3.8, 4) is 0 Å². The van der Waals surface area contributed by atoms with Crippen LogP contribution >= 0.6 is 16.3 Å². The van der Waals surface area contributed by atoms with Crippen LogP contribution < -0.4 is 0 Å². The Morgan fingerprint density at radius 1 is 1.21 bits per heavy atom. The molecular weight excluding hydrogens is 244 g/mol. The summed E-state index contributed by atoms with van der Waals surface area (Å²) in [5.41, 5.74) is 0.127. The topological polar surface area (TPSA) is 18.5 Å². The molecule has 0 unspecified atom stereocenters. The molecular formula is C11H21BrO2. The summed E-state index contributed by atoms with van der Waals surface area (Å²) in [5.74, 6) is 0. The Balaban J connectivity index is 2.39. The summed E-state index contributed by atoms with van der Waals surface area (Å²) in [5, 5.41) is 0. The second-order valence-electron chi connectivity index (χ2n) is 4.22. The van der Waals surface area contributed by atoms with Crippen LogP contribution in [-0.4, -0.2) is 12.4 Å². The SMILES string of the molecule is CCCCC1(OCOBr)CCCCC1. The van der Waals surface area contributed by atoms with Crippen molar-refractivity contribution in [2.75, 3.05) is 6.79 Å². The number of hydrogen-bond donors (Lipinski definition) is 0. The monoisotopic (exact) mass is 264 g/mol. The summed E-state index contributed by atoms with van der Waals surface area (Å²) in [6.07, 6.45) is 10.1. The maximum absolute atomic E-state index is 5.85. The molecule has 0 heterocycles. The van der Waals surface area contributed by atoms with E-state index in [-0.39, 0.29) is 5.60 Å². The third kappa shape index (κ3) is 3.87. The first-order valence-corrected chi connectivity index (χ1v) is 6.35. The van der Waals surface area contributed by atoms with E-state index in [0.29, 0.717) is 6.79 Å². The Bertz CT molecular complexity index is 134. The molecule has 2 nitrogen and oxygen atoms in total. The fourth-order valence-corrected chi connectivity index (χ4v) is 2.40. The Hall–Kier alpha value is 0.400. The van der Waals surface area contributed by atoms with Crippen molar-refractivity contribution in [3.05, 3.63) is 0 Å². The molecule has 0 spiro atoms. The lowest BCUT2D eigenvalue weighted by atomic mass is 9.81. The van der Waals surface area contributed by atoms with Crippen LogP contribution in [0.5, 0.6) is 0 Å². The number of hydrogen-bond acceptors (Lipinski definition) is 2. The molecule has 3 heteroatoms. The fourth-order valence-electron chi connectivity index (χ4n) is 2.31. The van der Waals surface area contributed by atoms with Crippen LogP contribution in [0.1, 0.15) is 58.3 Å². The molecule has 0 aromatic carbocycles. The quantitative estimate of drug-likeness (QED) is 0.671. The highest BCUT2D eigenvalue weighted by Gasteiger charge is 2.32. The fraction of sp³-hybridized carbons (Fsp3) is 1.00. The van der Waals surface area contributed by atoms with Gasteiger partial charge in [0.05, 0.1) is 5.60 Å². The largest absolute Gasteiger partial charge is 0.348 e. The minimum Gasteiger partial charge on any atom is -0.348 e. The standard InChI is InChI=1S/C11H21BrO2/c1-2-3-7-11(13-10-14-12)8-5-4-6-9-11/h2-10H2,1H3. The van der Waals surface area contributed by atoms with E-state index in [1.807, 2.05) is 0 Å². The highest BCUT2D eigenvalue weighted by atomic mass is 79.9. The predicted molar refractivity (Wildman–Crippen MR) is 61.3 cm³/mol. The third-order valence-corrected chi connectivity index (χ3v) is 3.35. The summed E-state index contributed by atoms with van der Waals surface area (Å²) in [6.45, 7) is 2.61. The lowest BCUT2D eigenvalue weighted by Gasteiger charge is -2.36. The molecule has 0 N–H and O–H groups in total. The number of rotatable bonds is 6. The first-order valence-electron chi connectivity index (χ1n) is 5.70. The summed E-state index contributed by atoms with van der Waals surface area (Å²) >= 11 is 2.94. The summed E-state index contributed by atoms with van der Waals surface area (Å²) in [4.78, 5) is 0. The van der Waals surface area contributed by atoms with Gasteiger partial charge < -0.3 is 4.74 Å². The average Bonchev–Trinajstić information content (AvgIpc) is 2.25. The van der Waals surface area contributed by atoms with Crippen molar-refractivity contribution in [3.63, 3.8) is 0 Å². The van der Waals surface area contributed by atoms with Gasteiger partial charge in [-0.25, -0.2) is 0 Å². The summed E-state index contributed by atoms with van der Waals surface area (Å²) < 4.78 is 10.7. The van der Waals surface area contributed by atoms with Gasteiger partial charge in [-0.15, -0.1) is 0 Å². The molecule has 1 saturated carbocycles. The van der Waals surface area contributed by atoms with Crippen molar-refractivity contribution >= 4 is 16.3 Å². The van der Waals surface area contributed by atoms with Gasteiger partial charge in [-0.1, -0.05) is 39.0 Å². The minimum atomic E-state index is 0.127. The second kappa shape index (κ2) is 6.81. The molecule has 0 aromatic rings. The molecule has 0 amide bonds. The summed E-state index contributed by atoms with van der Waals surface area (Å²) in [7, 11) is 0. The molecule has 1 aliphatic rings. The van der Waals surface area contributed by atoms with Crippen molar-refractivity contribution in [2.24, 2.45) is 0 Å². The molecule has 0 bridgehead atoms. The molecule has 1 rings (SSSR count). The Morgan fingerprint density at radius 2 is 1.93 bits per heavy atom. The molecule has 84 valence electrons. The first-order chi connectivity index (χ1) is 6.83. The highest BCUT2D eigenvalue weighted by Crippen LogP contribution is 2.35. The Labute approximate surface area is 95.8 Å². The third-order valence-electron chi connectivity index (χ3n) is 3.16. The van der Waals surface area contributed by atoms with Crippen molar-refractivity contribution < 1.29 is 8.57 Å². The number of halogens is 1. The molecule has 0 radical (unpaired) electrons. The van der Waals surface area contributed by atoms with Crippen LogP contribution in [0.25, 0.3) is 0 Å². The molecule has 14 heavy (non-hydrogen) atoms.